The van der Waals surface area contributed by atoms with E-state index in [9.17, 15) is 4.79 Å². The van der Waals surface area contributed by atoms with Crippen LogP contribution in [0.2, 0.25) is 0 Å². The lowest BCUT2D eigenvalue weighted by atomic mass is 9.69. The van der Waals surface area contributed by atoms with Crippen molar-refractivity contribution in [3.63, 3.8) is 0 Å². The Balaban J connectivity index is 1.49. The topological polar surface area (TPSA) is 59.8 Å². The predicted octanol–water partition coefficient (Wildman–Crippen LogP) is 3.08. The Morgan fingerprint density at radius 3 is 3.08 bits per heavy atom. The van der Waals surface area contributed by atoms with Gasteiger partial charge in [0.1, 0.15) is 12.7 Å². The highest BCUT2D eigenvalue weighted by Crippen LogP contribution is 2.52. The summed E-state index contributed by atoms with van der Waals surface area (Å²) in [5, 5.41) is 7.29. The van der Waals surface area contributed by atoms with Gasteiger partial charge < -0.3 is 5.32 Å². The Morgan fingerprint density at radius 2 is 2.29 bits per heavy atom. The highest BCUT2D eigenvalue weighted by Gasteiger charge is 2.40. The van der Waals surface area contributed by atoms with Crippen molar-refractivity contribution in [1.29, 1.82) is 0 Å². The van der Waals surface area contributed by atoms with Crippen molar-refractivity contribution in [2.45, 2.75) is 63.5 Å². The van der Waals surface area contributed by atoms with Gasteiger partial charge in [-0.3, -0.25) is 9.48 Å². The summed E-state index contributed by atoms with van der Waals surface area (Å²) in [4.78, 5) is 16.3. The molecule has 1 aromatic heterocycles. The first-order valence-electron chi connectivity index (χ1n) is 8.80. The van der Waals surface area contributed by atoms with Gasteiger partial charge in [0.2, 0.25) is 5.91 Å². The maximum absolute atomic E-state index is 12.4. The molecule has 0 spiro atoms. The second-order valence-electron chi connectivity index (χ2n) is 7.69. The predicted molar refractivity (Wildman–Crippen MR) is 91.6 cm³/mol. The van der Waals surface area contributed by atoms with Gasteiger partial charge in [0, 0.05) is 6.42 Å². The fourth-order valence-electron chi connectivity index (χ4n) is 4.36. The van der Waals surface area contributed by atoms with Crippen molar-refractivity contribution in [2.75, 3.05) is 0 Å². The molecule has 2 atom stereocenters. The van der Waals surface area contributed by atoms with Crippen LogP contribution in [0.3, 0.4) is 0 Å². The molecule has 1 amide bonds. The number of rotatable bonds is 4. The number of benzene rings is 1. The van der Waals surface area contributed by atoms with Gasteiger partial charge >= 0.3 is 0 Å². The fourth-order valence-corrected chi connectivity index (χ4v) is 4.36. The van der Waals surface area contributed by atoms with E-state index in [1.165, 1.54) is 35.9 Å². The second-order valence-corrected chi connectivity index (χ2v) is 7.69. The molecule has 2 aromatic rings. The zero-order chi connectivity index (χ0) is 16.7. The molecule has 0 bridgehead atoms. The number of aromatic nitrogens is 3. The van der Waals surface area contributed by atoms with Crippen molar-refractivity contribution >= 4 is 5.91 Å². The van der Waals surface area contributed by atoms with Gasteiger partial charge in [-0.25, -0.2) is 4.98 Å². The van der Waals surface area contributed by atoms with E-state index in [0.29, 0.717) is 18.9 Å². The molecule has 5 nitrogen and oxygen atoms in total. The molecule has 0 saturated carbocycles. The van der Waals surface area contributed by atoms with E-state index in [4.69, 9.17) is 0 Å². The number of amides is 1. The molecule has 0 radical (unpaired) electrons. The number of nitrogens with zero attached hydrogens (tertiary/aromatic N) is 3. The number of carbonyl (C=O) groups is 1. The molecule has 126 valence electrons. The minimum atomic E-state index is 0.0889. The zero-order valence-electron chi connectivity index (χ0n) is 14.3. The molecule has 2 aliphatic rings. The third-order valence-corrected chi connectivity index (χ3v) is 5.66. The molecule has 0 fully saturated rings. The lowest BCUT2D eigenvalue weighted by Crippen LogP contribution is -2.28. The summed E-state index contributed by atoms with van der Waals surface area (Å²) in [6.07, 6.45) is 7.06. The van der Waals surface area contributed by atoms with Crippen LogP contribution in [-0.2, 0) is 16.8 Å². The Morgan fingerprint density at radius 1 is 1.42 bits per heavy atom. The molecule has 1 N–H and O–H groups in total. The maximum Gasteiger partial charge on any atom is 0.222 e. The van der Waals surface area contributed by atoms with E-state index in [1.54, 1.807) is 11.0 Å². The zero-order valence-corrected chi connectivity index (χ0v) is 14.3. The number of hydrogen-bond acceptors (Lipinski definition) is 3. The summed E-state index contributed by atoms with van der Waals surface area (Å²) in [6.45, 7) is 5.24. The molecule has 1 heterocycles. The molecule has 2 aliphatic carbocycles. The van der Waals surface area contributed by atoms with E-state index in [1.807, 2.05) is 0 Å². The van der Waals surface area contributed by atoms with Crippen LogP contribution in [0.15, 0.2) is 30.9 Å². The quantitative estimate of drug-likeness (QED) is 0.940. The largest absolute Gasteiger partial charge is 0.349 e. The summed E-state index contributed by atoms with van der Waals surface area (Å²) < 4.78 is 1.69. The average Bonchev–Trinajstić information content (AvgIpc) is 3.19. The highest BCUT2D eigenvalue weighted by atomic mass is 16.1. The fraction of sp³-hybridized carbons (Fsp3) is 0.526. The Kier molecular flexibility index (Phi) is 3.66. The smallest absolute Gasteiger partial charge is 0.222 e. The van der Waals surface area contributed by atoms with Crippen molar-refractivity contribution in [2.24, 2.45) is 0 Å². The first-order valence-corrected chi connectivity index (χ1v) is 8.80. The van der Waals surface area contributed by atoms with Gasteiger partial charge in [0.05, 0.1) is 12.6 Å². The molecule has 5 heteroatoms. The molecule has 0 unspecified atom stereocenters. The van der Waals surface area contributed by atoms with E-state index in [2.05, 4.69) is 47.4 Å². The molecule has 24 heavy (non-hydrogen) atoms. The normalized spacial score (nSPS) is 23.8. The third kappa shape index (κ3) is 2.62. The van der Waals surface area contributed by atoms with Gasteiger partial charge in [-0.15, -0.1) is 0 Å². The van der Waals surface area contributed by atoms with Crippen LogP contribution in [-0.4, -0.2) is 20.7 Å². The Hall–Kier alpha value is -2.17. The van der Waals surface area contributed by atoms with Gasteiger partial charge in [0.15, 0.2) is 0 Å². The third-order valence-electron chi connectivity index (χ3n) is 5.66. The van der Waals surface area contributed by atoms with E-state index < -0.39 is 0 Å². The van der Waals surface area contributed by atoms with E-state index in [-0.39, 0.29) is 17.4 Å². The highest BCUT2D eigenvalue weighted by molar-refractivity contribution is 5.76. The first-order chi connectivity index (χ1) is 11.5. The van der Waals surface area contributed by atoms with Crippen LogP contribution in [0.4, 0.5) is 0 Å². The number of aryl methyl sites for hydroxylation is 1. The maximum atomic E-state index is 12.4. The first kappa shape index (κ1) is 15.4. The van der Waals surface area contributed by atoms with Gasteiger partial charge in [-0.1, -0.05) is 32.0 Å². The van der Waals surface area contributed by atoms with Crippen LogP contribution in [0, 0.1) is 0 Å². The van der Waals surface area contributed by atoms with Gasteiger partial charge in [-0.05, 0) is 47.3 Å². The summed E-state index contributed by atoms with van der Waals surface area (Å²) in [5.74, 6) is 0.691. The van der Waals surface area contributed by atoms with Gasteiger partial charge in [0.25, 0.3) is 0 Å². The Labute approximate surface area is 142 Å². The number of carbonyl (C=O) groups excluding carboxylic acids is 1. The number of hydrogen-bond donors (Lipinski definition) is 1. The molecular weight excluding hydrogens is 300 g/mol. The van der Waals surface area contributed by atoms with Crippen LogP contribution < -0.4 is 5.32 Å². The second kappa shape index (κ2) is 5.72. The summed E-state index contributed by atoms with van der Waals surface area (Å²) >= 11 is 0. The average molecular weight is 324 g/mol. The molecule has 0 saturated heterocycles. The summed E-state index contributed by atoms with van der Waals surface area (Å²) in [7, 11) is 0. The van der Waals surface area contributed by atoms with Crippen LogP contribution in [0.5, 0.6) is 0 Å². The monoisotopic (exact) mass is 324 g/mol. The minimum absolute atomic E-state index is 0.0889. The van der Waals surface area contributed by atoms with Gasteiger partial charge in [-0.2, -0.15) is 5.10 Å². The standard InChI is InChI=1S/C19H24N4O/c1-19(2)8-6-13-10-16(14-4-3-5-15(19)18(13)14)22-17(24)7-9-23-12-20-11-21-23/h3-5,11-13,16H,6-10H2,1-2H3,(H,22,24)/t13-,16+/m0/s1. The van der Waals surface area contributed by atoms with Crippen molar-refractivity contribution in [1.82, 2.24) is 20.1 Å². The minimum Gasteiger partial charge on any atom is -0.349 e. The Bertz CT molecular complexity index is 751. The van der Waals surface area contributed by atoms with Crippen LogP contribution in [0.25, 0.3) is 0 Å². The van der Waals surface area contributed by atoms with Crippen LogP contribution >= 0.6 is 0 Å². The van der Waals surface area contributed by atoms with Crippen molar-refractivity contribution in [3.05, 3.63) is 47.5 Å². The molecule has 1 aromatic carbocycles. The molecule has 0 aliphatic heterocycles. The number of nitrogens with one attached hydrogen (secondary N) is 1. The SMILES string of the molecule is CC1(C)CC[C@H]2C[C@@H](NC(=O)CCn3cncn3)c3cccc1c32. The van der Waals surface area contributed by atoms with E-state index >= 15 is 0 Å². The molecule has 4 rings (SSSR count). The van der Waals surface area contributed by atoms with Crippen LogP contribution in [0.1, 0.15) is 68.2 Å². The lowest BCUT2D eigenvalue weighted by molar-refractivity contribution is -0.122. The van der Waals surface area contributed by atoms with Crippen molar-refractivity contribution < 1.29 is 4.79 Å². The summed E-state index contributed by atoms with van der Waals surface area (Å²) in [5.41, 5.74) is 4.57. The summed E-state index contributed by atoms with van der Waals surface area (Å²) in [6, 6.07) is 6.78. The molecular formula is C19H24N4O. The van der Waals surface area contributed by atoms with E-state index in [0.717, 1.165) is 6.42 Å². The lowest BCUT2D eigenvalue weighted by Gasteiger charge is -2.35. The van der Waals surface area contributed by atoms with Crippen molar-refractivity contribution in [3.8, 4) is 0 Å².